The van der Waals surface area contributed by atoms with Crippen molar-refractivity contribution in [1.29, 1.82) is 0 Å². The molecule has 0 saturated carbocycles. The predicted octanol–water partition coefficient (Wildman–Crippen LogP) is 5.18. The van der Waals surface area contributed by atoms with Crippen LogP contribution in [0, 0.1) is 23.6 Å². The fraction of sp³-hybridized carbons (Fsp3) is 0.200. The van der Waals surface area contributed by atoms with E-state index >= 15 is 0 Å². The Kier molecular flexibility index (Phi) is 5.63. The maximum absolute atomic E-state index is 14.0. The summed E-state index contributed by atoms with van der Waals surface area (Å²) in [4.78, 5) is 56.1. The first-order chi connectivity index (χ1) is 20.9. The van der Waals surface area contributed by atoms with Gasteiger partial charge >= 0.3 is 5.97 Å². The number of carbonyl (C=O) groups is 4. The highest BCUT2D eigenvalue weighted by molar-refractivity contribution is 6.23. The molecule has 5 aliphatic rings. The van der Waals surface area contributed by atoms with E-state index in [1.54, 1.807) is 24.3 Å². The van der Waals surface area contributed by atoms with Crippen LogP contribution in [0.5, 0.6) is 5.75 Å². The van der Waals surface area contributed by atoms with Crippen LogP contribution in [0.1, 0.15) is 40.5 Å². The minimum absolute atomic E-state index is 0.0129. The molecule has 2 saturated heterocycles. The third kappa shape index (κ3) is 3.79. The SMILES string of the molecule is O=C(Oc1ccc(N2C(=O)[C@@H]3C4c5ccccc5C(c5ccccc54)[C@@H]3C2=O)cc1)[C@@H]1CC(=O)N(c2ccc(F)cc2)C1. The van der Waals surface area contributed by atoms with Gasteiger partial charge in [-0.15, -0.1) is 0 Å². The van der Waals surface area contributed by atoms with Gasteiger partial charge in [-0.1, -0.05) is 48.5 Å². The highest BCUT2D eigenvalue weighted by Crippen LogP contribution is 2.61. The van der Waals surface area contributed by atoms with Crippen LogP contribution >= 0.6 is 0 Å². The first-order valence-corrected chi connectivity index (χ1v) is 14.3. The van der Waals surface area contributed by atoms with Gasteiger partial charge in [-0.2, -0.15) is 0 Å². The number of hydrogen-bond acceptors (Lipinski definition) is 5. The molecule has 0 aromatic heterocycles. The van der Waals surface area contributed by atoms with Crippen LogP contribution in [0.2, 0.25) is 0 Å². The first kappa shape index (κ1) is 25.6. The average molecular weight is 573 g/mol. The lowest BCUT2D eigenvalue weighted by atomic mass is 9.55. The van der Waals surface area contributed by atoms with Gasteiger partial charge < -0.3 is 9.64 Å². The smallest absolute Gasteiger partial charge is 0.316 e. The first-order valence-electron chi connectivity index (χ1n) is 14.3. The van der Waals surface area contributed by atoms with E-state index in [4.69, 9.17) is 4.74 Å². The summed E-state index contributed by atoms with van der Waals surface area (Å²) < 4.78 is 18.9. The summed E-state index contributed by atoms with van der Waals surface area (Å²) in [5.41, 5.74) is 5.39. The number of nitrogens with zero attached hydrogens (tertiary/aromatic N) is 2. The largest absolute Gasteiger partial charge is 0.426 e. The van der Waals surface area contributed by atoms with Gasteiger partial charge in [0.1, 0.15) is 11.6 Å². The second-order valence-electron chi connectivity index (χ2n) is 11.6. The number of halogens is 1. The van der Waals surface area contributed by atoms with Crippen molar-refractivity contribution in [3.63, 3.8) is 0 Å². The number of anilines is 2. The highest BCUT2D eigenvalue weighted by atomic mass is 19.1. The molecule has 2 aliphatic heterocycles. The van der Waals surface area contributed by atoms with E-state index in [0.29, 0.717) is 11.4 Å². The van der Waals surface area contributed by atoms with Crippen molar-refractivity contribution in [2.45, 2.75) is 18.3 Å². The second kappa shape index (κ2) is 9.46. The quantitative estimate of drug-likeness (QED) is 0.191. The van der Waals surface area contributed by atoms with Crippen LogP contribution < -0.4 is 14.5 Å². The van der Waals surface area contributed by atoms with E-state index in [2.05, 4.69) is 24.3 Å². The van der Waals surface area contributed by atoms with E-state index in [1.165, 1.54) is 34.1 Å². The van der Waals surface area contributed by atoms with Gasteiger partial charge in [0.25, 0.3) is 0 Å². The van der Waals surface area contributed by atoms with Gasteiger partial charge in [0.15, 0.2) is 0 Å². The molecular formula is C35H25FN2O5. The number of esters is 1. The van der Waals surface area contributed by atoms with E-state index in [1.807, 2.05) is 24.3 Å². The zero-order valence-electron chi connectivity index (χ0n) is 22.9. The topological polar surface area (TPSA) is 84.0 Å². The van der Waals surface area contributed by atoms with Crippen molar-refractivity contribution in [3.8, 4) is 5.75 Å². The van der Waals surface area contributed by atoms with Gasteiger partial charge in [-0.3, -0.25) is 19.2 Å². The molecule has 3 atom stereocenters. The number of amides is 3. The highest BCUT2D eigenvalue weighted by Gasteiger charge is 2.61. The Morgan fingerprint density at radius 3 is 1.67 bits per heavy atom. The summed E-state index contributed by atoms with van der Waals surface area (Å²) >= 11 is 0. The van der Waals surface area contributed by atoms with Crippen molar-refractivity contribution in [1.82, 2.24) is 0 Å². The van der Waals surface area contributed by atoms with Crippen LogP contribution in [-0.4, -0.2) is 30.2 Å². The zero-order chi connectivity index (χ0) is 29.4. The Hall–Kier alpha value is -5.11. The molecule has 2 heterocycles. The Labute approximate surface area is 246 Å². The monoisotopic (exact) mass is 572 g/mol. The average Bonchev–Trinajstić information content (AvgIpc) is 3.55. The minimum Gasteiger partial charge on any atom is -0.426 e. The summed E-state index contributed by atoms with van der Waals surface area (Å²) in [5, 5.41) is 0. The summed E-state index contributed by atoms with van der Waals surface area (Å²) in [7, 11) is 0. The fourth-order valence-electron chi connectivity index (χ4n) is 7.53. The van der Waals surface area contributed by atoms with Gasteiger partial charge in [0.05, 0.1) is 23.4 Å². The molecule has 0 unspecified atom stereocenters. The van der Waals surface area contributed by atoms with E-state index in [9.17, 15) is 23.6 Å². The van der Waals surface area contributed by atoms with Crippen LogP contribution in [0.25, 0.3) is 0 Å². The van der Waals surface area contributed by atoms with Crippen LogP contribution in [-0.2, 0) is 19.2 Å². The molecule has 43 heavy (non-hydrogen) atoms. The molecule has 3 amide bonds. The molecule has 2 bridgehead atoms. The Balaban J connectivity index is 1.02. The molecule has 8 heteroatoms. The second-order valence-corrected chi connectivity index (χ2v) is 11.6. The van der Waals surface area contributed by atoms with E-state index in [0.717, 1.165) is 22.3 Å². The van der Waals surface area contributed by atoms with Crippen molar-refractivity contribution in [2.75, 3.05) is 16.3 Å². The van der Waals surface area contributed by atoms with Crippen LogP contribution in [0.4, 0.5) is 15.8 Å². The molecule has 0 radical (unpaired) electrons. The van der Waals surface area contributed by atoms with Crippen molar-refractivity contribution in [3.05, 3.63) is 125 Å². The maximum atomic E-state index is 14.0. The van der Waals surface area contributed by atoms with Gasteiger partial charge in [0.2, 0.25) is 17.7 Å². The minimum atomic E-state index is -0.680. The zero-order valence-corrected chi connectivity index (χ0v) is 22.9. The summed E-state index contributed by atoms with van der Waals surface area (Å²) in [5.74, 6) is -3.42. The Bertz CT molecular complexity index is 1720. The molecule has 0 N–H and O–H groups in total. The predicted molar refractivity (Wildman–Crippen MR) is 155 cm³/mol. The van der Waals surface area contributed by atoms with Crippen molar-refractivity contribution >= 4 is 35.1 Å². The van der Waals surface area contributed by atoms with Crippen LogP contribution in [0.15, 0.2) is 97.1 Å². The van der Waals surface area contributed by atoms with Gasteiger partial charge in [0, 0.05) is 30.5 Å². The molecule has 9 rings (SSSR count). The third-order valence-electron chi connectivity index (χ3n) is 9.36. The normalized spacial score (nSPS) is 25.0. The number of hydrogen-bond donors (Lipinski definition) is 0. The molecule has 4 aromatic carbocycles. The molecule has 0 spiro atoms. The van der Waals surface area contributed by atoms with Crippen molar-refractivity contribution < 1.29 is 28.3 Å². The molecule has 212 valence electrons. The third-order valence-corrected chi connectivity index (χ3v) is 9.36. The number of carbonyl (C=O) groups excluding carboxylic acids is 4. The lowest BCUT2D eigenvalue weighted by Crippen LogP contribution is -2.41. The molecule has 2 fully saturated rings. The summed E-state index contributed by atoms with van der Waals surface area (Å²) in [6.45, 7) is 0.133. The molecule has 7 nitrogen and oxygen atoms in total. The maximum Gasteiger partial charge on any atom is 0.316 e. The molecular weight excluding hydrogens is 547 g/mol. The molecule has 3 aliphatic carbocycles. The Morgan fingerprint density at radius 2 is 1.16 bits per heavy atom. The Morgan fingerprint density at radius 1 is 0.674 bits per heavy atom. The van der Waals surface area contributed by atoms with Gasteiger partial charge in [-0.25, -0.2) is 9.29 Å². The summed E-state index contributed by atoms with van der Waals surface area (Å²) in [6, 6.07) is 28.1. The fourth-order valence-corrected chi connectivity index (χ4v) is 7.53. The lowest BCUT2D eigenvalue weighted by Gasteiger charge is -2.45. The number of imide groups is 1. The number of benzene rings is 4. The number of ether oxygens (including phenoxy) is 1. The number of rotatable bonds is 4. The van der Waals surface area contributed by atoms with E-state index in [-0.39, 0.29) is 48.3 Å². The van der Waals surface area contributed by atoms with Crippen LogP contribution in [0.3, 0.4) is 0 Å². The van der Waals surface area contributed by atoms with Crippen molar-refractivity contribution in [2.24, 2.45) is 17.8 Å². The van der Waals surface area contributed by atoms with Gasteiger partial charge in [-0.05, 0) is 70.8 Å². The van der Waals surface area contributed by atoms with E-state index < -0.39 is 29.5 Å². The lowest BCUT2D eigenvalue weighted by molar-refractivity contribution is -0.139. The molecule has 4 aromatic rings. The standard InChI is InChI=1S/C35H25FN2O5/c36-20-9-11-21(12-10-20)37-18-19(17-28(37)39)35(42)43-23-15-13-22(14-16-23)38-33(40)31-29-24-5-1-2-6-25(24)30(32(31)34(38)41)27-8-4-3-7-26(27)29/h1-16,19,29-32H,17-18H2/t19-,29?,30?,31-,32+/m1/s1. The summed E-state index contributed by atoms with van der Waals surface area (Å²) in [6.07, 6.45) is -0.0129.